The molecule has 21 heavy (non-hydrogen) atoms. The second-order valence-electron chi connectivity index (χ2n) is 5.07. The van der Waals surface area contributed by atoms with Crippen LogP contribution in [-0.2, 0) is 9.59 Å². The molecule has 1 saturated carbocycles. The molecular formula is C14H14BrF2NO3. The molecule has 1 fully saturated rings. The molecule has 0 aromatic heterocycles. The molecule has 1 aliphatic carbocycles. The fourth-order valence-corrected chi connectivity index (χ4v) is 3.02. The Labute approximate surface area is 128 Å². The second-order valence-corrected chi connectivity index (χ2v) is 5.99. The lowest BCUT2D eigenvalue weighted by Gasteiger charge is -2.27. The van der Waals surface area contributed by atoms with Gasteiger partial charge in [-0.15, -0.1) is 0 Å². The molecule has 0 heterocycles. The molecule has 0 bridgehead atoms. The van der Waals surface area contributed by atoms with Gasteiger partial charge in [0.25, 0.3) is 0 Å². The van der Waals surface area contributed by atoms with Crippen LogP contribution < -0.4 is 5.32 Å². The summed E-state index contributed by atoms with van der Waals surface area (Å²) in [5.74, 6) is -5.08. The van der Waals surface area contributed by atoms with Crippen molar-refractivity contribution in [2.24, 2.45) is 11.8 Å². The molecule has 0 spiro atoms. The molecule has 0 aliphatic heterocycles. The summed E-state index contributed by atoms with van der Waals surface area (Å²) in [5, 5.41) is 11.3. The molecule has 1 aromatic carbocycles. The van der Waals surface area contributed by atoms with E-state index in [0.29, 0.717) is 12.8 Å². The molecule has 0 radical (unpaired) electrons. The van der Waals surface area contributed by atoms with E-state index in [1.165, 1.54) is 0 Å². The van der Waals surface area contributed by atoms with E-state index in [9.17, 15) is 18.4 Å². The smallest absolute Gasteiger partial charge is 0.307 e. The summed E-state index contributed by atoms with van der Waals surface area (Å²) in [4.78, 5) is 23.3. The van der Waals surface area contributed by atoms with E-state index >= 15 is 0 Å². The number of hydrogen-bond donors (Lipinski definition) is 2. The largest absolute Gasteiger partial charge is 0.481 e. The monoisotopic (exact) mass is 361 g/mol. The molecule has 1 aliphatic rings. The van der Waals surface area contributed by atoms with Gasteiger partial charge in [-0.05, 0) is 25.0 Å². The third-order valence-corrected chi connectivity index (χ3v) is 4.13. The van der Waals surface area contributed by atoms with Crippen LogP contribution in [0.1, 0.15) is 25.7 Å². The quantitative estimate of drug-likeness (QED) is 0.864. The maximum Gasteiger partial charge on any atom is 0.307 e. The first-order valence-electron chi connectivity index (χ1n) is 6.58. The summed E-state index contributed by atoms with van der Waals surface area (Å²) in [6.45, 7) is 0. The van der Waals surface area contributed by atoms with Crippen LogP contribution in [0.3, 0.4) is 0 Å². The van der Waals surface area contributed by atoms with Crippen LogP contribution in [0.2, 0.25) is 0 Å². The topological polar surface area (TPSA) is 66.4 Å². The lowest BCUT2D eigenvalue weighted by atomic mass is 9.78. The van der Waals surface area contributed by atoms with Crippen molar-refractivity contribution in [3.8, 4) is 0 Å². The van der Waals surface area contributed by atoms with Crippen LogP contribution in [0, 0.1) is 23.5 Å². The van der Waals surface area contributed by atoms with Gasteiger partial charge < -0.3 is 10.4 Å². The highest BCUT2D eigenvalue weighted by Crippen LogP contribution is 2.32. The number of carbonyl (C=O) groups excluding carboxylic acids is 1. The van der Waals surface area contributed by atoms with Crippen LogP contribution in [0.15, 0.2) is 16.6 Å². The van der Waals surface area contributed by atoms with Crippen molar-refractivity contribution in [2.45, 2.75) is 25.7 Å². The van der Waals surface area contributed by atoms with E-state index in [1.54, 1.807) is 0 Å². The number of carbonyl (C=O) groups is 2. The van der Waals surface area contributed by atoms with E-state index in [1.807, 2.05) is 0 Å². The minimum atomic E-state index is -1.05. The third kappa shape index (κ3) is 3.58. The van der Waals surface area contributed by atoms with Crippen LogP contribution in [0.4, 0.5) is 14.5 Å². The minimum absolute atomic E-state index is 0.219. The zero-order chi connectivity index (χ0) is 15.6. The Hall–Kier alpha value is -1.50. The van der Waals surface area contributed by atoms with E-state index in [4.69, 9.17) is 5.11 Å². The Kier molecular flexibility index (Phi) is 4.92. The van der Waals surface area contributed by atoms with Crippen molar-refractivity contribution in [3.63, 3.8) is 0 Å². The SMILES string of the molecule is O=C(O)C1CCCCC1C(=O)Nc1c(F)cc(Br)cc1F. The highest BCUT2D eigenvalue weighted by atomic mass is 79.9. The van der Waals surface area contributed by atoms with Gasteiger partial charge in [-0.25, -0.2) is 8.78 Å². The summed E-state index contributed by atoms with van der Waals surface area (Å²) in [6.07, 6.45) is 2.27. The molecule has 114 valence electrons. The number of rotatable bonds is 3. The van der Waals surface area contributed by atoms with E-state index in [0.717, 1.165) is 25.0 Å². The van der Waals surface area contributed by atoms with Crippen molar-refractivity contribution in [3.05, 3.63) is 28.2 Å². The van der Waals surface area contributed by atoms with Gasteiger partial charge in [-0.1, -0.05) is 28.8 Å². The first kappa shape index (κ1) is 15.9. The van der Waals surface area contributed by atoms with Gasteiger partial charge in [0.2, 0.25) is 5.91 Å². The number of hydrogen-bond acceptors (Lipinski definition) is 2. The lowest BCUT2D eigenvalue weighted by molar-refractivity contribution is -0.147. The first-order valence-corrected chi connectivity index (χ1v) is 7.37. The summed E-state index contributed by atoms with van der Waals surface area (Å²) >= 11 is 2.95. The minimum Gasteiger partial charge on any atom is -0.481 e. The number of halogens is 3. The van der Waals surface area contributed by atoms with E-state index < -0.39 is 41.0 Å². The van der Waals surface area contributed by atoms with Gasteiger partial charge in [0.05, 0.1) is 11.8 Å². The first-order chi connectivity index (χ1) is 9.90. The zero-order valence-electron chi connectivity index (χ0n) is 11.0. The number of amides is 1. The van der Waals surface area contributed by atoms with Crippen LogP contribution in [0.25, 0.3) is 0 Å². The zero-order valence-corrected chi connectivity index (χ0v) is 12.6. The molecule has 2 rings (SSSR count). The molecule has 1 amide bonds. The third-order valence-electron chi connectivity index (χ3n) is 3.68. The predicted octanol–water partition coefficient (Wildman–Crippen LogP) is 3.56. The second kappa shape index (κ2) is 6.51. The Bertz CT molecular complexity index is 556. The molecule has 2 atom stereocenters. The number of aliphatic carboxylic acids is 1. The average molecular weight is 362 g/mol. The van der Waals surface area contributed by atoms with Crippen LogP contribution >= 0.6 is 15.9 Å². The van der Waals surface area contributed by atoms with E-state index in [2.05, 4.69) is 21.2 Å². The number of benzene rings is 1. The average Bonchev–Trinajstić information content (AvgIpc) is 2.42. The summed E-state index contributed by atoms with van der Waals surface area (Å²) in [7, 11) is 0. The van der Waals surface area contributed by atoms with Gasteiger partial charge in [0, 0.05) is 4.47 Å². The summed E-state index contributed by atoms with van der Waals surface area (Å²) in [5.41, 5.74) is -0.544. The maximum atomic E-state index is 13.7. The van der Waals surface area contributed by atoms with E-state index in [-0.39, 0.29) is 4.47 Å². The van der Waals surface area contributed by atoms with Crippen molar-refractivity contribution in [2.75, 3.05) is 5.32 Å². The van der Waals surface area contributed by atoms with Gasteiger partial charge in [-0.3, -0.25) is 9.59 Å². The molecule has 7 heteroatoms. The highest BCUT2D eigenvalue weighted by molar-refractivity contribution is 9.10. The standard InChI is InChI=1S/C14H14BrF2NO3/c15-7-5-10(16)12(11(17)6-7)18-13(19)8-3-1-2-4-9(8)14(20)21/h5-6,8-9H,1-4H2,(H,18,19)(H,20,21). The van der Waals surface area contributed by atoms with Gasteiger partial charge in [-0.2, -0.15) is 0 Å². The van der Waals surface area contributed by atoms with Gasteiger partial charge >= 0.3 is 5.97 Å². The number of carboxylic acids is 1. The van der Waals surface area contributed by atoms with Crippen LogP contribution in [0.5, 0.6) is 0 Å². The molecular weight excluding hydrogens is 348 g/mol. The van der Waals surface area contributed by atoms with Crippen molar-refractivity contribution < 1.29 is 23.5 Å². The van der Waals surface area contributed by atoms with Gasteiger partial charge in [0.15, 0.2) is 11.6 Å². The Balaban J connectivity index is 2.19. The molecule has 0 saturated heterocycles. The Morgan fingerprint density at radius 3 is 2.19 bits per heavy atom. The number of nitrogens with one attached hydrogen (secondary N) is 1. The number of anilines is 1. The predicted molar refractivity (Wildman–Crippen MR) is 75.8 cm³/mol. The molecule has 1 aromatic rings. The normalized spacial score (nSPS) is 21.9. The number of carboxylic acid groups (broad SMARTS) is 1. The summed E-state index contributed by atoms with van der Waals surface area (Å²) in [6, 6.07) is 2.07. The molecule has 2 N–H and O–H groups in total. The Morgan fingerprint density at radius 2 is 1.67 bits per heavy atom. The highest BCUT2D eigenvalue weighted by Gasteiger charge is 2.36. The fourth-order valence-electron chi connectivity index (χ4n) is 2.62. The van der Waals surface area contributed by atoms with Crippen molar-refractivity contribution in [1.29, 1.82) is 0 Å². The van der Waals surface area contributed by atoms with Gasteiger partial charge in [0.1, 0.15) is 5.69 Å². The maximum absolute atomic E-state index is 13.7. The fraction of sp³-hybridized carbons (Fsp3) is 0.429. The summed E-state index contributed by atoms with van der Waals surface area (Å²) < 4.78 is 27.6. The van der Waals surface area contributed by atoms with Crippen molar-refractivity contribution >= 4 is 33.5 Å². The van der Waals surface area contributed by atoms with Crippen molar-refractivity contribution in [1.82, 2.24) is 0 Å². The lowest BCUT2D eigenvalue weighted by Crippen LogP contribution is -2.36. The molecule has 2 unspecified atom stereocenters. The molecule has 4 nitrogen and oxygen atoms in total. The Morgan fingerprint density at radius 1 is 1.14 bits per heavy atom. The van der Waals surface area contributed by atoms with Crippen LogP contribution in [-0.4, -0.2) is 17.0 Å².